The molecule has 0 N–H and O–H groups in total. The molecule has 0 saturated carbocycles. The molecule has 0 saturated heterocycles. The molecule has 0 aliphatic rings. The standard InChI is InChI=1S/C50H28N2S/c1-5-29-13-14-30-6-2-10-42-48(30)47(29)41(9-1)51(42)37-21-19-34-25-33(17-18-35(34)26-37)36-20-23-39-40-24-22-38(28-46(40)53-45(39)27-36)52-43-11-3-7-31-15-16-32-8-4-12-44(52)50(32)49(31)43/h1-28H. The van der Waals surface area contributed by atoms with Crippen molar-refractivity contribution in [1.82, 2.24) is 9.13 Å². The molecule has 0 fully saturated rings. The Hall–Kier alpha value is -6.68. The summed E-state index contributed by atoms with van der Waals surface area (Å²) in [6.45, 7) is 0. The van der Waals surface area contributed by atoms with Gasteiger partial charge >= 0.3 is 0 Å². The molecule has 10 aromatic carbocycles. The fourth-order valence-corrected chi connectivity index (χ4v) is 10.6. The van der Waals surface area contributed by atoms with Gasteiger partial charge in [0.25, 0.3) is 0 Å². The van der Waals surface area contributed by atoms with E-state index in [2.05, 4.69) is 179 Å². The van der Waals surface area contributed by atoms with Crippen LogP contribution in [0.25, 0.3) is 119 Å². The minimum Gasteiger partial charge on any atom is -0.309 e. The van der Waals surface area contributed by atoms with Gasteiger partial charge in [-0.25, -0.2) is 0 Å². The van der Waals surface area contributed by atoms with Gasteiger partial charge < -0.3 is 9.13 Å². The molecule has 3 heterocycles. The van der Waals surface area contributed by atoms with Crippen molar-refractivity contribution < 1.29 is 0 Å². The first-order valence-corrected chi connectivity index (χ1v) is 19.1. The van der Waals surface area contributed by atoms with Gasteiger partial charge in [-0.05, 0) is 104 Å². The van der Waals surface area contributed by atoms with Gasteiger partial charge in [0.1, 0.15) is 0 Å². The minimum absolute atomic E-state index is 1.19. The molecule has 0 radical (unpaired) electrons. The van der Waals surface area contributed by atoms with Gasteiger partial charge in [-0.15, -0.1) is 11.3 Å². The molecular weight excluding hydrogens is 661 g/mol. The summed E-state index contributed by atoms with van der Waals surface area (Å²) >= 11 is 1.89. The number of hydrogen-bond acceptors (Lipinski definition) is 1. The summed E-state index contributed by atoms with van der Waals surface area (Å²) in [7, 11) is 0. The van der Waals surface area contributed by atoms with Gasteiger partial charge in [-0.1, -0.05) is 109 Å². The molecule has 0 bridgehead atoms. The Morgan fingerprint density at radius 3 is 1.26 bits per heavy atom. The highest BCUT2D eigenvalue weighted by Crippen LogP contribution is 2.43. The highest BCUT2D eigenvalue weighted by molar-refractivity contribution is 7.25. The van der Waals surface area contributed by atoms with E-state index in [4.69, 9.17) is 0 Å². The average molecular weight is 689 g/mol. The second-order valence-electron chi connectivity index (χ2n) is 14.5. The topological polar surface area (TPSA) is 9.86 Å². The van der Waals surface area contributed by atoms with Crippen molar-refractivity contribution in [3.8, 4) is 22.5 Å². The third-order valence-electron chi connectivity index (χ3n) is 11.8. The fraction of sp³-hybridized carbons (Fsp3) is 0. The maximum atomic E-state index is 2.45. The summed E-state index contributed by atoms with van der Waals surface area (Å²) in [5, 5.41) is 15.7. The van der Waals surface area contributed by atoms with Crippen LogP contribution in [0, 0.1) is 0 Å². The summed E-state index contributed by atoms with van der Waals surface area (Å²) < 4.78 is 7.51. The molecule has 0 amide bonds. The van der Waals surface area contributed by atoms with E-state index >= 15 is 0 Å². The number of rotatable bonds is 3. The van der Waals surface area contributed by atoms with E-state index in [0.717, 1.165) is 0 Å². The monoisotopic (exact) mass is 688 g/mol. The first-order chi connectivity index (χ1) is 26.2. The van der Waals surface area contributed by atoms with Gasteiger partial charge in [0, 0.05) is 53.1 Å². The third-order valence-corrected chi connectivity index (χ3v) is 12.9. The van der Waals surface area contributed by atoms with Gasteiger partial charge in [-0.3, -0.25) is 0 Å². The molecule has 0 aliphatic carbocycles. The average Bonchev–Trinajstić information content (AvgIpc) is 3.87. The lowest BCUT2D eigenvalue weighted by atomic mass is 10.00. The highest BCUT2D eigenvalue weighted by atomic mass is 32.1. The van der Waals surface area contributed by atoms with Crippen molar-refractivity contribution in [3.63, 3.8) is 0 Å². The van der Waals surface area contributed by atoms with Crippen LogP contribution in [0.2, 0.25) is 0 Å². The molecule has 13 aromatic rings. The van der Waals surface area contributed by atoms with Crippen LogP contribution in [-0.2, 0) is 0 Å². The van der Waals surface area contributed by atoms with E-state index in [1.165, 1.54) is 119 Å². The molecule has 0 aliphatic heterocycles. The Morgan fingerprint density at radius 2 is 0.698 bits per heavy atom. The Morgan fingerprint density at radius 1 is 0.302 bits per heavy atom. The predicted molar refractivity (Wildman–Crippen MR) is 228 cm³/mol. The molecule has 13 rings (SSSR count). The van der Waals surface area contributed by atoms with Crippen LogP contribution in [0.3, 0.4) is 0 Å². The van der Waals surface area contributed by atoms with Gasteiger partial charge in [0.2, 0.25) is 0 Å². The van der Waals surface area contributed by atoms with Crippen molar-refractivity contribution in [2.75, 3.05) is 0 Å². The Bertz CT molecular complexity index is 3500. The molecule has 3 heteroatoms. The highest BCUT2D eigenvalue weighted by Gasteiger charge is 2.19. The smallest absolute Gasteiger partial charge is 0.0547 e. The largest absolute Gasteiger partial charge is 0.309 e. The lowest BCUT2D eigenvalue weighted by molar-refractivity contribution is 1.19. The Labute approximate surface area is 307 Å². The van der Waals surface area contributed by atoms with Crippen LogP contribution in [0.4, 0.5) is 0 Å². The van der Waals surface area contributed by atoms with Gasteiger partial charge in [0.05, 0.1) is 22.1 Å². The van der Waals surface area contributed by atoms with Crippen LogP contribution >= 0.6 is 11.3 Å². The molecule has 0 spiro atoms. The molecular formula is C50H28N2S. The zero-order chi connectivity index (χ0) is 34.4. The van der Waals surface area contributed by atoms with Crippen LogP contribution in [0.1, 0.15) is 0 Å². The van der Waals surface area contributed by atoms with Crippen molar-refractivity contribution in [2.24, 2.45) is 0 Å². The summed E-state index contributed by atoms with van der Waals surface area (Å²) in [5.41, 5.74) is 9.94. The molecule has 3 aromatic heterocycles. The summed E-state index contributed by atoms with van der Waals surface area (Å²) in [6, 6.07) is 63.5. The maximum Gasteiger partial charge on any atom is 0.0547 e. The first-order valence-electron chi connectivity index (χ1n) is 18.2. The van der Waals surface area contributed by atoms with Crippen molar-refractivity contribution in [3.05, 3.63) is 170 Å². The van der Waals surface area contributed by atoms with Crippen molar-refractivity contribution >= 4 is 107 Å². The van der Waals surface area contributed by atoms with Crippen molar-refractivity contribution in [1.29, 1.82) is 0 Å². The number of nitrogens with zero attached hydrogens (tertiary/aromatic N) is 2. The van der Waals surface area contributed by atoms with Gasteiger partial charge in [-0.2, -0.15) is 0 Å². The Kier molecular flexibility index (Phi) is 5.28. The zero-order valence-corrected chi connectivity index (χ0v) is 29.3. The molecule has 244 valence electrons. The lowest BCUT2D eigenvalue weighted by Crippen LogP contribution is -1.93. The number of thiophene rings is 1. The summed E-state index contributed by atoms with van der Waals surface area (Å²) in [5.74, 6) is 0. The fourth-order valence-electron chi connectivity index (χ4n) is 9.43. The second-order valence-corrected chi connectivity index (χ2v) is 15.6. The SMILES string of the molecule is c1cc2ccc3cccc4c3c2c(c1)n4-c1ccc2cc(-c3ccc4c(c3)sc3cc(-n5c6cccc7ccc8cccc5c8c76)ccc34)ccc2c1. The molecule has 0 atom stereocenters. The molecule has 2 nitrogen and oxygen atoms in total. The Balaban J connectivity index is 0.909. The first kappa shape index (κ1) is 28.0. The second kappa shape index (κ2) is 10.0. The quantitative estimate of drug-likeness (QED) is 0.164. The molecule has 53 heavy (non-hydrogen) atoms. The summed E-state index contributed by atoms with van der Waals surface area (Å²) in [6.07, 6.45) is 0. The lowest BCUT2D eigenvalue weighted by Gasteiger charge is -2.10. The van der Waals surface area contributed by atoms with E-state index < -0.39 is 0 Å². The number of hydrogen-bond donors (Lipinski definition) is 0. The minimum atomic E-state index is 1.19. The van der Waals surface area contributed by atoms with E-state index in [0.29, 0.717) is 0 Å². The number of fused-ring (bicyclic) bond motifs is 4. The van der Waals surface area contributed by atoms with Crippen LogP contribution in [0.5, 0.6) is 0 Å². The van der Waals surface area contributed by atoms with Crippen LogP contribution in [0.15, 0.2) is 170 Å². The zero-order valence-electron chi connectivity index (χ0n) is 28.5. The van der Waals surface area contributed by atoms with Crippen molar-refractivity contribution in [2.45, 2.75) is 0 Å². The maximum absolute atomic E-state index is 2.45. The molecule has 0 unspecified atom stereocenters. The summed E-state index contributed by atoms with van der Waals surface area (Å²) in [4.78, 5) is 0. The predicted octanol–water partition coefficient (Wildman–Crippen LogP) is 14.3. The normalized spacial score (nSPS) is 12.5. The van der Waals surface area contributed by atoms with E-state index in [1.807, 2.05) is 11.3 Å². The number of aromatic nitrogens is 2. The van der Waals surface area contributed by atoms with Crippen LogP contribution < -0.4 is 0 Å². The third kappa shape index (κ3) is 3.71. The van der Waals surface area contributed by atoms with E-state index in [9.17, 15) is 0 Å². The van der Waals surface area contributed by atoms with E-state index in [-0.39, 0.29) is 0 Å². The van der Waals surface area contributed by atoms with Gasteiger partial charge in [0.15, 0.2) is 0 Å². The van der Waals surface area contributed by atoms with E-state index in [1.54, 1.807) is 0 Å². The van der Waals surface area contributed by atoms with Crippen LogP contribution in [-0.4, -0.2) is 9.13 Å². The number of benzene rings is 10.